The number of aromatic nitrogens is 4. The third kappa shape index (κ3) is 1.90. The Bertz CT molecular complexity index is 1330. The first kappa shape index (κ1) is 14.9. The number of benzene rings is 1. The fourth-order valence-electron chi connectivity index (χ4n) is 3.78. The van der Waals surface area contributed by atoms with E-state index in [0.29, 0.717) is 11.1 Å². The summed E-state index contributed by atoms with van der Waals surface area (Å²) >= 11 is 0. The zero-order valence-electron chi connectivity index (χ0n) is 14.5. The maximum atomic E-state index is 9.97. The number of fused-ring (bicyclic) bond motifs is 6. The highest BCUT2D eigenvalue weighted by Crippen LogP contribution is 2.34. The van der Waals surface area contributed by atoms with Crippen LogP contribution in [0, 0.1) is 11.3 Å². The lowest BCUT2D eigenvalue weighted by Crippen LogP contribution is -2.00. The van der Waals surface area contributed by atoms with E-state index >= 15 is 0 Å². The molecule has 126 valence electrons. The van der Waals surface area contributed by atoms with Gasteiger partial charge in [0.2, 0.25) is 0 Å². The van der Waals surface area contributed by atoms with Gasteiger partial charge in [-0.15, -0.1) is 0 Å². The first-order valence-corrected chi connectivity index (χ1v) is 8.91. The highest BCUT2D eigenvalue weighted by molar-refractivity contribution is 6.13. The third-order valence-electron chi connectivity index (χ3n) is 4.99. The lowest BCUT2D eigenvalue weighted by Gasteiger charge is -2.06. The molecule has 0 atom stereocenters. The Hall–Kier alpha value is -3.39. The largest absolute Gasteiger partial charge is 0.325 e. The van der Waals surface area contributed by atoms with Gasteiger partial charge < -0.3 is 4.57 Å². The van der Waals surface area contributed by atoms with Crippen LogP contribution in [0.3, 0.4) is 0 Å². The van der Waals surface area contributed by atoms with E-state index in [4.69, 9.17) is 4.98 Å². The normalized spacial score (nSPS) is 11.7. The molecule has 0 bridgehead atoms. The molecule has 5 nitrogen and oxygen atoms in total. The molecule has 4 aromatic heterocycles. The van der Waals surface area contributed by atoms with E-state index in [0.717, 1.165) is 52.6 Å². The fourth-order valence-corrected chi connectivity index (χ4v) is 3.78. The number of para-hydroxylation sites is 1. The minimum atomic E-state index is 0.611. The topological polar surface area (TPSA) is 58.9 Å². The SMILES string of the molecule is CCCCn1c2ccccc2c2c(C#N)c3nc4ccccn4c3nc21. The summed E-state index contributed by atoms with van der Waals surface area (Å²) in [6, 6.07) is 16.5. The van der Waals surface area contributed by atoms with Crippen molar-refractivity contribution in [1.82, 2.24) is 18.9 Å². The Labute approximate surface area is 150 Å². The molecule has 26 heavy (non-hydrogen) atoms. The van der Waals surface area contributed by atoms with Gasteiger partial charge in [0.25, 0.3) is 0 Å². The highest BCUT2D eigenvalue weighted by Gasteiger charge is 2.20. The van der Waals surface area contributed by atoms with Gasteiger partial charge in [0.15, 0.2) is 5.65 Å². The monoisotopic (exact) mass is 339 g/mol. The quantitative estimate of drug-likeness (QED) is 0.480. The number of nitrogens with zero attached hydrogens (tertiary/aromatic N) is 5. The number of pyridine rings is 2. The number of rotatable bonds is 3. The Morgan fingerprint density at radius 3 is 2.73 bits per heavy atom. The smallest absolute Gasteiger partial charge is 0.168 e. The highest BCUT2D eigenvalue weighted by atomic mass is 15.1. The van der Waals surface area contributed by atoms with Gasteiger partial charge in [-0.2, -0.15) is 5.26 Å². The van der Waals surface area contributed by atoms with Crippen LogP contribution < -0.4 is 0 Å². The molecule has 5 heteroatoms. The van der Waals surface area contributed by atoms with Crippen molar-refractivity contribution in [2.24, 2.45) is 0 Å². The van der Waals surface area contributed by atoms with E-state index in [1.807, 2.05) is 40.9 Å². The summed E-state index contributed by atoms with van der Waals surface area (Å²) in [6.45, 7) is 3.07. The summed E-state index contributed by atoms with van der Waals surface area (Å²) in [4.78, 5) is 9.66. The van der Waals surface area contributed by atoms with Crippen molar-refractivity contribution in [3.63, 3.8) is 0 Å². The van der Waals surface area contributed by atoms with Crippen molar-refractivity contribution in [1.29, 1.82) is 5.26 Å². The summed E-state index contributed by atoms with van der Waals surface area (Å²) < 4.78 is 4.20. The van der Waals surface area contributed by atoms with Crippen LogP contribution in [0.25, 0.3) is 38.7 Å². The van der Waals surface area contributed by atoms with Crippen molar-refractivity contribution in [3.8, 4) is 6.07 Å². The summed E-state index contributed by atoms with van der Waals surface area (Å²) in [5.74, 6) is 0. The molecule has 5 aromatic rings. The molecule has 5 rings (SSSR count). The van der Waals surface area contributed by atoms with Crippen LogP contribution in [-0.4, -0.2) is 18.9 Å². The molecule has 0 saturated heterocycles. The van der Waals surface area contributed by atoms with Crippen LogP contribution in [0.1, 0.15) is 25.3 Å². The van der Waals surface area contributed by atoms with Crippen LogP contribution in [-0.2, 0) is 6.54 Å². The zero-order valence-corrected chi connectivity index (χ0v) is 14.5. The Morgan fingerprint density at radius 1 is 1.04 bits per heavy atom. The standard InChI is InChI=1S/C21H17N5/c1-2-3-11-25-16-9-5-4-8-14(16)18-15(13-22)19-21(24-20(18)25)26-12-7-6-10-17(26)23-19/h4-10,12H,2-3,11H2,1H3. The van der Waals surface area contributed by atoms with Crippen LogP contribution in [0.5, 0.6) is 0 Å². The maximum absolute atomic E-state index is 9.97. The van der Waals surface area contributed by atoms with Crippen molar-refractivity contribution in [2.45, 2.75) is 26.3 Å². The number of imidazole rings is 1. The molecule has 0 aliphatic heterocycles. The minimum absolute atomic E-state index is 0.611. The van der Waals surface area contributed by atoms with Gasteiger partial charge in [0.1, 0.15) is 22.9 Å². The maximum Gasteiger partial charge on any atom is 0.168 e. The van der Waals surface area contributed by atoms with Gasteiger partial charge >= 0.3 is 0 Å². The number of hydrogen-bond donors (Lipinski definition) is 0. The molecule has 4 heterocycles. The van der Waals surface area contributed by atoms with Crippen molar-refractivity contribution < 1.29 is 0 Å². The van der Waals surface area contributed by atoms with Crippen molar-refractivity contribution in [2.75, 3.05) is 0 Å². The van der Waals surface area contributed by atoms with Crippen LogP contribution >= 0.6 is 0 Å². The average Bonchev–Trinajstić information content (AvgIpc) is 3.20. The predicted molar refractivity (Wildman–Crippen MR) is 103 cm³/mol. The van der Waals surface area contributed by atoms with Gasteiger partial charge in [-0.25, -0.2) is 9.97 Å². The van der Waals surface area contributed by atoms with E-state index in [1.165, 1.54) is 0 Å². The van der Waals surface area contributed by atoms with Gasteiger partial charge in [0, 0.05) is 23.5 Å². The number of hydrogen-bond acceptors (Lipinski definition) is 3. The number of aryl methyl sites for hydroxylation is 1. The lowest BCUT2D eigenvalue weighted by molar-refractivity contribution is 0.661. The van der Waals surface area contributed by atoms with Gasteiger partial charge in [0.05, 0.1) is 11.1 Å². The van der Waals surface area contributed by atoms with E-state index in [1.54, 1.807) is 0 Å². The van der Waals surface area contributed by atoms with E-state index in [9.17, 15) is 5.26 Å². The van der Waals surface area contributed by atoms with E-state index < -0.39 is 0 Å². The summed E-state index contributed by atoms with van der Waals surface area (Å²) in [5, 5.41) is 12.0. The first-order valence-electron chi connectivity index (χ1n) is 8.91. The minimum Gasteiger partial charge on any atom is -0.325 e. The molecule has 1 aromatic carbocycles. The Morgan fingerprint density at radius 2 is 1.88 bits per heavy atom. The van der Waals surface area contributed by atoms with Gasteiger partial charge in [-0.05, 0) is 24.6 Å². The molecule has 0 amide bonds. The Kier molecular flexibility index (Phi) is 3.19. The van der Waals surface area contributed by atoms with E-state index in [-0.39, 0.29) is 0 Å². The Balaban J connectivity index is 2.03. The number of unbranched alkanes of at least 4 members (excludes halogenated alkanes) is 1. The predicted octanol–water partition coefficient (Wildman–Crippen LogP) is 4.66. The molecular formula is C21H17N5. The summed E-state index contributed by atoms with van der Waals surface area (Å²) in [7, 11) is 0. The second-order valence-corrected chi connectivity index (χ2v) is 6.53. The number of nitriles is 1. The van der Waals surface area contributed by atoms with Crippen LogP contribution in [0.4, 0.5) is 0 Å². The van der Waals surface area contributed by atoms with Crippen molar-refractivity contribution >= 4 is 38.7 Å². The van der Waals surface area contributed by atoms with Crippen LogP contribution in [0.2, 0.25) is 0 Å². The molecule has 0 saturated carbocycles. The molecular weight excluding hydrogens is 322 g/mol. The lowest BCUT2D eigenvalue weighted by atomic mass is 10.1. The third-order valence-corrected chi connectivity index (χ3v) is 4.99. The second kappa shape index (κ2) is 5.57. The summed E-state index contributed by atoms with van der Waals surface area (Å²) in [6.07, 6.45) is 4.13. The molecule has 0 radical (unpaired) electrons. The van der Waals surface area contributed by atoms with Gasteiger partial charge in [-0.3, -0.25) is 4.40 Å². The molecule has 0 aliphatic carbocycles. The summed E-state index contributed by atoms with van der Waals surface area (Å²) in [5.41, 5.74) is 4.83. The van der Waals surface area contributed by atoms with Gasteiger partial charge in [-0.1, -0.05) is 37.6 Å². The molecule has 0 unspecified atom stereocenters. The molecule has 0 fully saturated rings. The molecule has 0 N–H and O–H groups in total. The second-order valence-electron chi connectivity index (χ2n) is 6.53. The molecule has 0 aliphatic rings. The molecule has 0 spiro atoms. The van der Waals surface area contributed by atoms with E-state index in [2.05, 4.69) is 34.7 Å². The zero-order chi connectivity index (χ0) is 17.7. The fraction of sp³-hybridized carbons (Fsp3) is 0.190. The van der Waals surface area contributed by atoms with Crippen LogP contribution in [0.15, 0.2) is 48.7 Å². The van der Waals surface area contributed by atoms with Crippen molar-refractivity contribution in [3.05, 3.63) is 54.2 Å². The average molecular weight is 339 g/mol. The first-order chi connectivity index (χ1) is 12.8.